The van der Waals surface area contributed by atoms with Gasteiger partial charge in [-0.1, -0.05) is 6.92 Å². The number of rotatable bonds is 4. The van der Waals surface area contributed by atoms with Gasteiger partial charge >= 0.3 is 5.82 Å². The fourth-order valence-electron chi connectivity index (χ4n) is 0.997. The van der Waals surface area contributed by atoms with Crippen LogP contribution in [0.3, 0.4) is 0 Å². The summed E-state index contributed by atoms with van der Waals surface area (Å²) in [4.78, 5) is 9.86. The molecule has 80 valence electrons. The summed E-state index contributed by atoms with van der Waals surface area (Å²) in [6.07, 6.45) is 0. The predicted molar refractivity (Wildman–Crippen MR) is 54.5 cm³/mol. The van der Waals surface area contributed by atoms with Crippen molar-refractivity contribution in [3.63, 3.8) is 0 Å². The molecule has 0 bridgehead atoms. The lowest BCUT2D eigenvalue weighted by molar-refractivity contribution is -0.389. The number of hydrogen-bond donors (Lipinski definition) is 1. The Labute approximate surface area is 87.9 Å². The average molecular weight is 221 g/mol. The van der Waals surface area contributed by atoms with Crippen molar-refractivity contribution < 1.29 is 4.92 Å². The van der Waals surface area contributed by atoms with E-state index in [4.69, 9.17) is 0 Å². The molecule has 1 aromatic rings. The fourth-order valence-corrected chi connectivity index (χ4v) is 0.997. The molecule has 1 N–H and O–H groups in total. The van der Waals surface area contributed by atoms with E-state index >= 15 is 0 Å². The Hall–Kier alpha value is -1.14. The van der Waals surface area contributed by atoms with Crippen LogP contribution >= 0.6 is 12.4 Å². The van der Waals surface area contributed by atoms with E-state index in [1.54, 1.807) is 7.05 Å². The summed E-state index contributed by atoms with van der Waals surface area (Å²) in [5.41, 5.74) is 0.813. The van der Waals surface area contributed by atoms with Crippen molar-refractivity contribution >= 4 is 18.2 Å². The summed E-state index contributed by atoms with van der Waals surface area (Å²) in [5.74, 6) is -0.101. The number of hydrogen-bond acceptors (Lipinski definition) is 4. The molecule has 0 aliphatic carbocycles. The maximum absolute atomic E-state index is 10.3. The molecule has 7 heteroatoms. The molecule has 0 aliphatic rings. The van der Waals surface area contributed by atoms with Crippen molar-refractivity contribution in [2.75, 3.05) is 6.54 Å². The van der Waals surface area contributed by atoms with Crippen LogP contribution in [0.1, 0.15) is 12.6 Å². The first-order valence-electron chi connectivity index (χ1n) is 4.03. The number of halogens is 1. The quantitative estimate of drug-likeness (QED) is 0.603. The monoisotopic (exact) mass is 220 g/mol. The van der Waals surface area contributed by atoms with Crippen LogP contribution in [0.5, 0.6) is 0 Å². The minimum atomic E-state index is -0.491. The summed E-state index contributed by atoms with van der Waals surface area (Å²) in [6, 6.07) is 1.47. The van der Waals surface area contributed by atoms with E-state index in [1.807, 2.05) is 6.92 Å². The molecular formula is C7H13ClN4O2. The fraction of sp³-hybridized carbons (Fsp3) is 0.571. The molecule has 1 aromatic heterocycles. The summed E-state index contributed by atoms with van der Waals surface area (Å²) < 4.78 is 1.51. The molecule has 0 fully saturated rings. The molecule has 0 atom stereocenters. The van der Waals surface area contributed by atoms with Crippen LogP contribution in [0, 0.1) is 10.1 Å². The van der Waals surface area contributed by atoms with Gasteiger partial charge in [0.25, 0.3) is 0 Å². The Morgan fingerprint density at radius 3 is 2.79 bits per heavy atom. The van der Waals surface area contributed by atoms with Gasteiger partial charge in [-0.15, -0.1) is 12.4 Å². The molecule has 0 aliphatic heterocycles. The lowest BCUT2D eigenvalue weighted by Crippen LogP contribution is -2.14. The highest BCUT2D eigenvalue weighted by Gasteiger charge is 2.14. The highest BCUT2D eigenvalue weighted by Crippen LogP contribution is 2.09. The highest BCUT2D eigenvalue weighted by molar-refractivity contribution is 5.85. The van der Waals surface area contributed by atoms with Gasteiger partial charge in [-0.25, -0.2) is 0 Å². The SMILES string of the molecule is CCNCc1cc([N+](=O)[O-])nn1C.Cl. The van der Waals surface area contributed by atoms with Gasteiger partial charge in [0.05, 0.1) is 23.9 Å². The van der Waals surface area contributed by atoms with Crippen LogP contribution in [0.2, 0.25) is 0 Å². The third kappa shape index (κ3) is 2.97. The molecule has 6 nitrogen and oxygen atoms in total. The zero-order valence-corrected chi connectivity index (χ0v) is 8.87. The molecule has 0 aromatic carbocycles. The average Bonchev–Trinajstić information content (AvgIpc) is 2.44. The number of nitro groups is 1. The van der Waals surface area contributed by atoms with E-state index in [1.165, 1.54) is 10.7 Å². The van der Waals surface area contributed by atoms with Gasteiger partial charge in [0.2, 0.25) is 0 Å². The van der Waals surface area contributed by atoms with Gasteiger partial charge in [0, 0.05) is 6.54 Å². The normalized spacial score (nSPS) is 9.57. The first-order valence-corrected chi connectivity index (χ1v) is 4.03. The van der Waals surface area contributed by atoms with Crippen molar-refractivity contribution in [3.05, 3.63) is 21.9 Å². The van der Waals surface area contributed by atoms with E-state index in [0.29, 0.717) is 6.54 Å². The lowest BCUT2D eigenvalue weighted by atomic mass is 10.4. The van der Waals surface area contributed by atoms with Crippen molar-refractivity contribution in [3.8, 4) is 0 Å². The summed E-state index contributed by atoms with van der Waals surface area (Å²) in [6.45, 7) is 3.41. The second kappa shape index (κ2) is 5.56. The maximum Gasteiger partial charge on any atom is 0.390 e. The van der Waals surface area contributed by atoms with Crippen LogP contribution in [-0.2, 0) is 13.6 Å². The first-order chi connectivity index (χ1) is 6.15. The third-order valence-corrected chi connectivity index (χ3v) is 1.71. The second-order valence-electron chi connectivity index (χ2n) is 2.65. The Kier molecular flexibility index (Phi) is 5.11. The lowest BCUT2D eigenvalue weighted by Gasteiger charge is -1.97. The Balaban J connectivity index is 0.00000169. The van der Waals surface area contributed by atoms with Gasteiger partial charge in [-0.2, -0.15) is 4.68 Å². The molecule has 0 amide bonds. The van der Waals surface area contributed by atoms with Crippen LogP contribution in [0.4, 0.5) is 5.82 Å². The van der Waals surface area contributed by atoms with Gasteiger partial charge in [0.15, 0.2) is 0 Å². The van der Waals surface area contributed by atoms with E-state index in [2.05, 4.69) is 10.4 Å². The third-order valence-electron chi connectivity index (χ3n) is 1.71. The van der Waals surface area contributed by atoms with Crippen LogP contribution in [0.15, 0.2) is 6.07 Å². The van der Waals surface area contributed by atoms with Gasteiger partial charge < -0.3 is 15.4 Å². The number of aromatic nitrogens is 2. The smallest absolute Gasteiger partial charge is 0.358 e. The van der Waals surface area contributed by atoms with Gasteiger partial charge in [-0.05, 0) is 11.5 Å². The molecule has 0 saturated carbocycles. The summed E-state index contributed by atoms with van der Waals surface area (Å²) in [7, 11) is 1.69. The molecule has 0 spiro atoms. The highest BCUT2D eigenvalue weighted by atomic mass is 35.5. The van der Waals surface area contributed by atoms with Crippen molar-refractivity contribution in [1.82, 2.24) is 15.1 Å². The van der Waals surface area contributed by atoms with Gasteiger partial charge in [0.1, 0.15) is 0 Å². The van der Waals surface area contributed by atoms with Crippen LogP contribution in [0.25, 0.3) is 0 Å². The Bertz CT molecular complexity index is 313. The second-order valence-corrected chi connectivity index (χ2v) is 2.65. The van der Waals surface area contributed by atoms with E-state index in [0.717, 1.165) is 12.2 Å². The summed E-state index contributed by atoms with van der Waals surface area (Å²) in [5, 5.41) is 17.2. The van der Waals surface area contributed by atoms with Crippen molar-refractivity contribution in [2.45, 2.75) is 13.5 Å². The molecular weight excluding hydrogens is 208 g/mol. The minimum Gasteiger partial charge on any atom is -0.358 e. The first kappa shape index (κ1) is 12.9. The minimum absolute atomic E-state index is 0. The van der Waals surface area contributed by atoms with Crippen molar-refractivity contribution in [2.24, 2.45) is 7.05 Å². The van der Waals surface area contributed by atoms with Crippen molar-refractivity contribution in [1.29, 1.82) is 0 Å². The zero-order chi connectivity index (χ0) is 9.84. The molecule has 0 saturated heterocycles. The van der Waals surface area contributed by atoms with E-state index in [9.17, 15) is 10.1 Å². The molecule has 0 unspecified atom stereocenters. The van der Waals surface area contributed by atoms with Crippen LogP contribution < -0.4 is 5.32 Å². The number of aryl methyl sites for hydroxylation is 1. The number of nitrogens with one attached hydrogen (secondary N) is 1. The maximum atomic E-state index is 10.3. The predicted octanol–water partition coefficient (Wildman–Crippen LogP) is 0.860. The van der Waals surface area contributed by atoms with Gasteiger partial charge in [-0.3, -0.25) is 0 Å². The number of nitrogens with zero attached hydrogens (tertiary/aromatic N) is 3. The molecule has 1 heterocycles. The Morgan fingerprint density at radius 2 is 2.36 bits per heavy atom. The Morgan fingerprint density at radius 1 is 1.71 bits per heavy atom. The molecule has 14 heavy (non-hydrogen) atoms. The largest absolute Gasteiger partial charge is 0.390 e. The van der Waals surface area contributed by atoms with E-state index in [-0.39, 0.29) is 18.2 Å². The zero-order valence-electron chi connectivity index (χ0n) is 8.06. The topological polar surface area (TPSA) is 73.0 Å². The summed E-state index contributed by atoms with van der Waals surface area (Å²) >= 11 is 0. The van der Waals surface area contributed by atoms with Crippen LogP contribution in [-0.4, -0.2) is 21.2 Å². The van der Waals surface area contributed by atoms with E-state index < -0.39 is 4.92 Å². The molecule has 0 radical (unpaired) electrons. The standard InChI is InChI=1S/C7H12N4O2.ClH/c1-3-8-5-6-4-7(11(12)13)9-10(6)2;/h4,8H,3,5H2,1-2H3;1H. The molecule has 1 rings (SSSR count).